The molecule has 0 aliphatic rings. The quantitative estimate of drug-likeness (QED) is 0.242. The molecular weight excluding hydrogens is 432 g/mol. The van der Waals surface area contributed by atoms with Crippen molar-refractivity contribution < 1.29 is 14.3 Å². The number of hydrogen-bond acceptors (Lipinski definition) is 5. The van der Waals surface area contributed by atoms with Crippen LogP contribution >= 0.6 is 11.3 Å². The Bertz CT molecular complexity index is 1360. The van der Waals surface area contributed by atoms with Crippen LogP contribution in [0.4, 0.5) is 0 Å². The standard InChI is InChI=1S/C27H24N2O3S/c1-18-4-6-19(7-5-18)8-10-23-24-15-20(27(31)32-2)9-11-25(24)29(13-3-12-28)26(23)21-14-22(16-30)33-17-21/h4-7,9,11,14-17H,3,8,10,13H2,1-2H3. The lowest BCUT2D eigenvalue weighted by atomic mass is 9.98. The van der Waals surface area contributed by atoms with E-state index in [1.165, 1.54) is 29.6 Å². The van der Waals surface area contributed by atoms with Crippen molar-refractivity contribution in [2.24, 2.45) is 0 Å². The molecule has 6 heteroatoms. The maximum absolute atomic E-state index is 12.2. The summed E-state index contributed by atoms with van der Waals surface area (Å²) in [6, 6.07) is 18.2. The third kappa shape index (κ3) is 4.59. The number of carbonyl (C=O) groups is 2. The first kappa shape index (κ1) is 22.5. The minimum atomic E-state index is -0.383. The van der Waals surface area contributed by atoms with Crippen LogP contribution in [-0.2, 0) is 24.1 Å². The zero-order chi connectivity index (χ0) is 23.4. The number of nitriles is 1. The molecule has 2 aromatic carbocycles. The van der Waals surface area contributed by atoms with Crippen LogP contribution in [-0.4, -0.2) is 23.9 Å². The van der Waals surface area contributed by atoms with Crippen molar-refractivity contribution >= 4 is 34.5 Å². The molecular formula is C27H24N2O3S. The number of hydrogen-bond donors (Lipinski definition) is 0. The molecule has 0 fully saturated rings. The molecule has 0 N–H and O–H groups in total. The number of ether oxygens (including phenoxy) is 1. The maximum atomic E-state index is 12.2. The van der Waals surface area contributed by atoms with Gasteiger partial charge in [0.1, 0.15) is 0 Å². The lowest BCUT2D eigenvalue weighted by Crippen LogP contribution is -2.02. The van der Waals surface area contributed by atoms with Crippen molar-refractivity contribution in [3.05, 3.63) is 81.0 Å². The van der Waals surface area contributed by atoms with Gasteiger partial charge in [0.15, 0.2) is 6.29 Å². The predicted molar refractivity (Wildman–Crippen MR) is 131 cm³/mol. The second-order valence-corrected chi connectivity index (χ2v) is 8.89. The number of carbonyl (C=O) groups excluding carboxylic acids is 2. The van der Waals surface area contributed by atoms with Gasteiger partial charge in [-0.05, 0) is 55.2 Å². The first-order chi connectivity index (χ1) is 16.0. The predicted octanol–water partition coefficient (Wildman–Crippen LogP) is 5.98. The number of fused-ring (bicyclic) bond motifs is 1. The first-order valence-corrected chi connectivity index (χ1v) is 11.6. The Morgan fingerprint density at radius 2 is 1.94 bits per heavy atom. The Hall–Kier alpha value is -3.69. The smallest absolute Gasteiger partial charge is 0.337 e. The molecule has 0 spiro atoms. The molecule has 0 unspecified atom stereocenters. The molecule has 4 aromatic rings. The number of thiophene rings is 1. The van der Waals surface area contributed by atoms with Crippen LogP contribution in [0.5, 0.6) is 0 Å². The van der Waals surface area contributed by atoms with Crippen LogP contribution < -0.4 is 0 Å². The van der Waals surface area contributed by atoms with Crippen molar-refractivity contribution in [1.29, 1.82) is 5.26 Å². The molecule has 0 radical (unpaired) electrons. The van der Waals surface area contributed by atoms with Crippen molar-refractivity contribution in [2.45, 2.75) is 32.7 Å². The number of aromatic nitrogens is 1. The van der Waals surface area contributed by atoms with Gasteiger partial charge in [-0.25, -0.2) is 4.79 Å². The normalized spacial score (nSPS) is 10.8. The number of methoxy groups -OCH3 is 1. The van der Waals surface area contributed by atoms with Crippen LogP contribution in [0.1, 0.15) is 43.1 Å². The second kappa shape index (κ2) is 9.85. The highest BCUT2D eigenvalue weighted by Crippen LogP contribution is 2.37. The Morgan fingerprint density at radius 1 is 1.15 bits per heavy atom. The monoisotopic (exact) mass is 456 g/mol. The highest BCUT2D eigenvalue weighted by Gasteiger charge is 2.21. The summed E-state index contributed by atoms with van der Waals surface area (Å²) < 4.78 is 7.08. The summed E-state index contributed by atoms with van der Waals surface area (Å²) in [7, 11) is 1.38. The minimum absolute atomic E-state index is 0.359. The van der Waals surface area contributed by atoms with Crippen LogP contribution in [0.2, 0.25) is 0 Å². The fourth-order valence-corrected chi connectivity index (χ4v) is 4.90. The molecule has 0 atom stereocenters. The lowest BCUT2D eigenvalue weighted by Gasteiger charge is -2.10. The number of rotatable bonds is 8. The molecule has 5 nitrogen and oxygen atoms in total. The van der Waals surface area contributed by atoms with E-state index in [9.17, 15) is 14.9 Å². The van der Waals surface area contributed by atoms with Crippen LogP contribution in [0.25, 0.3) is 22.2 Å². The second-order valence-electron chi connectivity index (χ2n) is 7.95. The maximum Gasteiger partial charge on any atom is 0.337 e. The summed E-state index contributed by atoms with van der Waals surface area (Å²) in [6.45, 7) is 2.59. The fraction of sp³-hybridized carbons (Fsp3) is 0.222. The first-order valence-electron chi connectivity index (χ1n) is 10.8. The summed E-state index contributed by atoms with van der Waals surface area (Å²) >= 11 is 1.40. The number of esters is 1. The van der Waals surface area contributed by atoms with Gasteiger partial charge >= 0.3 is 5.97 Å². The van der Waals surface area contributed by atoms with Gasteiger partial charge in [0.2, 0.25) is 0 Å². The largest absolute Gasteiger partial charge is 0.465 e. The minimum Gasteiger partial charge on any atom is -0.465 e. The molecule has 2 aromatic heterocycles. The van der Waals surface area contributed by atoms with Crippen LogP contribution in [0, 0.1) is 18.3 Å². The van der Waals surface area contributed by atoms with Gasteiger partial charge in [-0.1, -0.05) is 29.8 Å². The number of nitrogens with zero attached hydrogens (tertiary/aromatic N) is 2. The summed E-state index contributed by atoms with van der Waals surface area (Å²) in [5.74, 6) is -0.383. The Morgan fingerprint density at radius 3 is 2.61 bits per heavy atom. The van der Waals surface area contributed by atoms with E-state index in [2.05, 4.69) is 41.8 Å². The molecule has 0 saturated heterocycles. The van der Waals surface area contributed by atoms with E-state index in [4.69, 9.17) is 4.74 Å². The van der Waals surface area contributed by atoms with E-state index in [-0.39, 0.29) is 5.97 Å². The van der Waals surface area contributed by atoms with Gasteiger partial charge < -0.3 is 9.30 Å². The van der Waals surface area contributed by atoms with E-state index in [0.29, 0.717) is 23.4 Å². The van der Waals surface area contributed by atoms with Gasteiger partial charge in [0, 0.05) is 28.4 Å². The van der Waals surface area contributed by atoms with Crippen LogP contribution in [0.3, 0.4) is 0 Å². The van der Waals surface area contributed by atoms with Gasteiger partial charge in [-0.15, -0.1) is 11.3 Å². The summed E-state index contributed by atoms with van der Waals surface area (Å²) in [5, 5.41) is 12.2. The molecule has 2 heterocycles. The molecule has 33 heavy (non-hydrogen) atoms. The SMILES string of the molecule is COC(=O)c1ccc2c(c1)c(CCc1ccc(C)cc1)c(-c1csc(C=O)c1)n2CCC#N. The average Bonchev–Trinajstić information content (AvgIpc) is 3.43. The van der Waals surface area contributed by atoms with Gasteiger partial charge in [-0.3, -0.25) is 4.79 Å². The highest BCUT2D eigenvalue weighted by molar-refractivity contribution is 7.12. The van der Waals surface area contributed by atoms with Crippen molar-refractivity contribution in [3.63, 3.8) is 0 Å². The average molecular weight is 457 g/mol. The Kier molecular flexibility index (Phi) is 6.71. The van der Waals surface area contributed by atoms with E-state index in [0.717, 1.165) is 46.9 Å². The molecule has 0 amide bonds. The molecule has 4 rings (SSSR count). The number of benzene rings is 2. The molecule has 0 saturated carbocycles. The number of aryl methyl sites for hydroxylation is 4. The lowest BCUT2D eigenvalue weighted by molar-refractivity contribution is 0.0601. The van der Waals surface area contributed by atoms with Gasteiger partial charge in [-0.2, -0.15) is 5.26 Å². The zero-order valence-corrected chi connectivity index (χ0v) is 19.4. The third-order valence-corrected chi connectivity index (χ3v) is 6.69. The van der Waals surface area contributed by atoms with Crippen molar-refractivity contribution in [2.75, 3.05) is 7.11 Å². The van der Waals surface area contributed by atoms with Gasteiger partial charge in [0.05, 0.1) is 35.7 Å². The van der Waals surface area contributed by atoms with Crippen molar-refractivity contribution in [1.82, 2.24) is 4.57 Å². The van der Waals surface area contributed by atoms with E-state index in [1.54, 1.807) is 6.07 Å². The fourth-order valence-electron chi connectivity index (χ4n) is 4.21. The molecule has 0 bridgehead atoms. The van der Waals surface area contributed by atoms with E-state index in [1.807, 2.05) is 23.6 Å². The van der Waals surface area contributed by atoms with Crippen LogP contribution in [0.15, 0.2) is 53.9 Å². The highest BCUT2D eigenvalue weighted by atomic mass is 32.1. The third-order valence-electron chi connectivity index (χ3n) is 5.83. The molecule has 166 valence electrons. The Balaban J connectivity index is 1.91. The van der Waals surface area contributed by atoms with E-state index < -0.39 is 0 Å². The molecule has 0 aliphatic carbocycles. The summed E-state index contributed by atoms with van der Waals surface area (Å²) in [6.07, 6.45) is 2.80. The van der Waals surface area contributed by atoms with E-state index >= 15 is 0 Å². The van der Waals surface area contributed by atoms with Gasteiger partial charge in [0.25, 0.3) is 0 Å². The number of aldehydes is 1. The van der Waals surface area contributed by atoms with Crippen molar-refractivity contribution in [3.8, 4) is 17.3 Å². The summed E-state index contributed by atoms with van der Waals surface area (Å²) in [5.41, 5.74) is 6.95. The topological polar surface area (TPSA) is 72.1 Å². The molecule has 0 aliphatic heterocycles. The Labute approximate surface area is 196 Å². The summed E-state index contributed by atoms with van der Waals surface area (Å²) in [4.78, 5) is 24.3. The zero-order valence-electron chi connectivity index (χ0n) is 18.6.